The fourth-order valence-corrected chi connectivity index (χ4v) is 1.91. The fraction of sp³-hybridized carbons (Fsp3) is 0.800. The van der Waals surface area contributed by atoms with Gasteiger partial charge in [0.25, 0.3) is 0 Å². The third-order valence-electron chi connectivity index (χ3n) is 1.01. The van der Waals surface area contributed by atoms with Crippen molar-refractivity contribution in [3.05, 3.63) is 0 Å². The van der Waals surface area contributed by atoms with E-state index in [4.69, 9.17) is 10.00 Å². The minimum absolute atomic E-state index is 0. The summed E-state index contributed by atoms with van der Waals surface area (Å²) in [6.07, 6.45) is -0.258. The molecule has 0 fully saturated rings. The summed E-state index contributed by atoms with van der Waals surface area (Å²) in [5.74, 6) is -1.96. The quantitative estimate of drug-likeness (QED) is 0.631. The molecule has 9 heteroatoms. The molecule has 3 atom stereocenters. The predicted octanol–water partition coefficient (Wildman–Crippen LogP) is 1.91. The summed E-state index contributed by atoms with van der Waals surface area (Å²) in [5.41, 5.74) is 0. The molecule has 0 radical (unpaired) electrons. The molecule has 7 nitrogen and oxygen atoms in total. The van der Waals surface area contributed by atoms with E-state index in [0.29, 0.717) is 0 Å². The second kappa shape index (κ2) is 9.12. The third-order valence-corrected chi connectivity index (χ3v) is 3.14. The molecule has 0 aromatic rings. The Kier molecular flexibility index (Phi) is 12.5. The topological polar surface area (TPSA) is 136 Å². The van der Waals surface area contributed by atoms with Gasteiger partial charge in [0.2, 0.25) is 0 Å². The standard InChI is InChI=1S/C4H6O6P2.CH4.H3N/c1-3(4(5)6)2-11(7)10-12(8)9;;/h3H,2H2,1H3;1H4;1H3/p+2/t3-;;/m0../s1. The molecule has 0 aromatic heterocycles. The van der Waals surface area contributed by atoms with Crippen molar-refractivity contribution in [3.63, 3.8) is 0 Å². The molecule has 0 aliphatic heterocycles. The third kappa shape index (κ3) is 9.64. The molecule has 0 aliphatic carbocycles. The van der Waals surface area contributed by atoms with Gasteiger partial charge in [0.15, 0.2) is 6.16 Å². The molecule has 0 aliphatic rings. The Morgan fingerprint density at radius 2 is 1.93 bits per heavy atom. The summed E-state index contributed by atoms with van der Waals surface area (Å²) in [4.78, 5) is 18.3. The molecular formula is C5H15NO6P2+2. The van der Waals surface area contributed by atoms with Gasteiger partial charge in [-0.15, -0.1) is 4.89 Å². The highest BCUT2D eigenvalue weighted by Crippen LogP contribution is 2.36. The number of rotatable bonds is 5. The van der Waals surface area contributed by atoms with Crippen LogP contribution in [0.2, 0.25) is 0 Å². The first kappa shape index (κ1) is 19.2. The van der Waals surface area contributed by atoms with Crippen molar-refractivity contribution < 1.29 is 28.2 Å². The lowest BCUT2D eigenvalue weighted by molar-refractivity contribution is -0.140. The lowest BCUT2D eigenvalue weighted by atomic mass is 10.2. The minimum atomic E-state index is -2.92. The Hall–Kier alpha value is -0.450. The van der Waals surface area contributed by atoms with Crippen molar-refractivity contribution in [2.24, 2.45) is 5.92 Å². The molecule has 0 rings (SSSR count). The van der Waals surface area contributed by atoms with Gasteiger partial charge in [0.05, 0.1) is 0 Å². The molecule has 0 saturated carbocycles. The summed E-state index contributed by atoms with van der Waals surface area (Å²) >= 11 is 0. The van der Waals surface area contributed by atoms with Gasteiger partial charge in [-0.1, -0.05) is 7.43 Å². The van der Waals surface area contributed by atoms with E-state index in [2.05, 4.69) is 4.31 Å². The average Bonchev–Trinajstić information content (AvgIpc) is 1.84. The van der Waals surface area contributed by atoms with E-state index in [1.54, 1.807) is 0 Å². The van der Waals surface area contributed by atoms with E-state index in [1.165, 1.54) is 6.92 Å². The molecular weight excluding hydrogens is 232 g/mol. The van der Waals surface area contributed by atoms with Crippen LogP contribution in [0, 0.1) is 5.92 Å². The summed E-state index contributed by atoms with van der Waals surface area (Å²) in [7, 11) is -5.27. The van der Waals surface area contributed by atoms with Gasteiger partial charge >= 0.3 is 22.3 Å². The van der Waals surface area contributed by atoms with E-state index in [1.807, 2.05) is 0 Å². The zero-order valence-electron chi connectivity index (χ0n) is 6.91. The first-order valence-electron chi connectivity index (χ1n) is 2.95. The molecule has 84 valence electrons. The number of hydrogen-bond acceptors (Lipinski definition) is 5. The summed E-state index contributed by atoms with van der Waals surface area (Å²) in [6, 6.07) is 0. The van der Waals surface area contributed by atoms with Gasteiger partial charge in [-0.2, -0.15) is 0 Å². The average molecular weight is 247 g/mol. The van der Waals surface area contributed by atoms with E-state index < -0.39 is 28.2 Å². The van der Waals surface area contributed by atoms with Gasteiger partial charge in [-0.3, -0.25) is 4.79 Å². The second-order valence-electron chi connectivity index (χ2n) is 2.07. The van der Waals surface area contributed by atoms with E-state index in [0.717, 1.165) is 0 Å². The molecule has 0 heterocycles. The van der Waals surface area contributed by atoms with Crippen molar-refractivity contribution in [1.82, 2.24) is 6.15 Å². The number of hydrogen-bond donors (Lipinski definition) is 3. The Labute approximate surface area is 83.9 Å². The van der Waals surface area contributed by atoms with Gasteiger partial charge in [0.1, 0.15) is 10.2 Å². The maximum Gasteiger partial charge on any atom is 0.742 e. The first-order valence-corrected chi connectivity index (χ1v) is 5.44. The highest BCUT2D eigenvalue weighted by Gasteiger charge is 2.36. The van der Waals surface area contributed by atoms with E-state index in [-0.39, 0.29) is 19.7 Å². The van der Waals surface area contributed by atoms with E-state index >= 15 is 0 Å². The second-order valence-corrected chi connectivity index (χ2v) is 4.23. The van der Waals surface area contributed by atoms with Crippen LogP contribution in [0.4, 0.5) is 0 Å². The van der Waals surface area contributed by atoms with Crippen molar-refractivity contribution in [2.75, 3.05) is 6.16 Å². The Bertz CT molecular complexity index is 220. The number of aliphatic carboxylic acids is 1. The van der Waals surface area contributed by atoms with Crippen molar-refractivity contribution >= 4 is 22.3 Å². The lowest BCUT2D eigenvalue weighted by Gasteiger charge is -1.92. The first-order chi connectivity index (χ1) is 5.43. The summed E-state index contributed by atoms with van der Waals surface area (Å²) in [5, 5.41) is 8.35. The Morgan fingerprint density at radius 3 is 2.21 bits per heavy atom. The van der Waals surface area contributed by atoms with E-state index in [9.17, 15) is 13.9 Å². The predicted molar refractivity (Wildman–Crippen MR) is 51.9 cm³/mol. The zero-order chi connectivity index (χ0) is 9.72. The number of carboxylic acid groups (broad SMARTS) is 1. The van der Waals surface area contributed by atoms with Crippen LogP contribution < -0.4 is 6.15 Å². The molecule has 0 aromatic carbocycles. The SMILES string of the molecule is C.C[C@@H](C[P+](=O)O[P+](=O)O)C(=O)O.N. The Balaban J connectivity index is -0.000000605. The number of carbonyl (C=O) groups is 1. The van der Waals surface area contributed by atoms with Crippen LogP contribution in [0.25, 0.3) is 0 Å². The smallest absolute Gasteiger partial charge is 0.481 e. The maximum atomic E-state index is 10.7. The highest BCUT2D eigenvalue weighted by atomic mass is 31.2. The van der Waals surface area contributed by atoms with Crippen LogP contribution in [-0.4, -0.2) is 22.1 Å². The lowest BCUT2D eigenvalue weighted by Crippen LogP contribution is -2.11. The van der Waals surface area contributed by atoms with Crippen molar-refractivity contribution in [1.29, 1.82) is 0 Å². The molecule has 5 N–H and O–H groups in total. The monoisotopic (exact) mass is 247 g/mol. The van der Waals surface area contributed by atoms with Gasteiger partial charge in [0, 0.05) is 4.57 Å². The van der Waals surface area contributed by atoms with Crippen molar-refractivity contribution in [3.8, 4) is 0 Å². The fourth-order valence-electron chi connectivity index (χ4n) is 0.413. The van der Waals surface area contributed by atoms with Gasteiger partial charge < -0.3 is 11.3 Å². The molecule has 0 bridgehead atoms. The van der Waals surface area contributed by atoms with Crippen LogP contribution >= 0.6 is 16.3 Å². The molecule has 0 saturated heterocycles. The van der Waals surface area contributed by atoms with Crippen LogP contribution in [-0.2, 0) is 18.2 Å². The molecule has 14 heavy (non-hydrogen) atoms. The summed E-state index contributed by atoms with van der Waals surface area (Å²) < 4.78 is 24.6. The Morgan fingerprint density at radius 1 is 1.50 bits per heavy atom. The van der Waals surface area contributed by atoms with Gasteiger partial charge in [-0.25, -0.2) is 0 Å². The van der Waals surface area contributed by atoms with Crippen molar-refractivity contribution in [2.45, 2.75) is 14.4 Å². The maximum absolute atomic E-state index is 10.7. The largest absolute Gasteiger partial charge is 0.742 e. The van der Waals surface area contributed by atoms with Gasteiger partial charge in [-0.05, 0) is 11.5 Å². The van der Waals surface area contributed by atoms with Crippen LogP contribution in [0.5, 0.6) is 0 Å². The van der Waals surface area contributed by atoms with Crippen LogP contribution in [0.1, 0.15) is 14.4 Å². The zero-order valence-corrected chi connectivity index (χ0v) is 8.70. The highest BCUT2D eigenvalue weighted by molar-refractivity contribution is 7.50. The molecule has 0 amide bonds. The number of carboxylic acids is 1. The van der Waals surface area contributed by atoms with Crippen LogP contribution in [0.3, 0.4) is 0 Å². The summed E-state index contributed by atoms with van der Waals surface area (Å²) in [6.45, 7) is 1.34. The molecule has 2 unspecified atom stereocenters. The minimum Gasteiger partial charge on any atom is -0.481 e. The van der Waals surface area contributed by atoms with Crippen LogP contribution in [0.15, 0.2) is 0 Å². The molecule has 0 spiro atoms. The normalized spacial score (nSPS) is 13.0.